The smallest absolute Gasteiger partial charge is 0.157 e. The average molecular weight is 300 g/mol. The molecule has 0 heterocycles. The van der Waals surface area contributed by atoms with Crippen molar-refractivity contribution >= 4 is 17.2 Å². The van der Waals surface area contributed by atoms with Gasteiger partial charge in [0.05, 0.1) is 11.4 Å². The van der Waals surface area contributed by atoms with Gasteiger partial charge in [-0.05, 0) is 30.4 Å². The summed E-state index contributed by atoms with van der Waals surface area (Å²) in [4.78, 5) is 11.9. The topological polar surface area (TPSA) is 41.1 Å². The molecule has 0 atom stereocenters. The van der Waals surface area contributed by atoms with Gasteiger partial charge in [0, 0.05) is 24.7 Å². The Bertz CT molecular complexity index is 546. The summed E-state index contributed by atoms with van der Waals surface area (Å²) in [6.07, 6.45) is 6.96. The highest BCUT2D eigenvalue weighted by Crippen LogP contribution is 2.35. The molecule has 0 bridgehead atoms. The molecular formula is C19H28N2O. The fourth-order valence-corrected chi connectivity index (χ4v) is 2.94. The van der Waals surface area contributed by atoms with Crippen LogP contribution in [0.25, 0.3) is 0 Å². The molecule has 0 amide bonds. The summed E-state index contributed by atoms with van der Waals surface area (Å²) in [5, 5.41) is 6.95. The zero-order valence-corrected chi connectivity index (χ0v) is 14.0. The molecular weight excluding hydrogens is 272 g/mol. The van der Waals surface area contributed by atoms with Crippen molar-refractivity contribution in [1.82, 2.24) is 0 Å². The largest absolute Gasteiger partial charge is 0.383 e. The number of para-hydroxylation sites is 2. The van der Waals surface area contributed by atoms with Gasteiger partial charge >= 0.3 is 0 Å². The van der Waals surface area contributed by atoms with Crippen molar-refractivity contribution in [2.75, 3.05) is 17.2 Å². The first-order valence-electron chi connectivity index (χ1n) is 8.33. The van der Waals surface area contributed by atoms with Gasteiger partial charge in [-0.1, -0.05) is 45.7 Å². The minimum atomic E-state index is 0.0394. The number of unbranched alkanes of at least 4 members (excludes halogenated alkanes) is 2. The zero-order valence-electron chi connectivity index (χ0n) is 14.0. The number of carbonyl (C=O) groups is 1. The molecule has 1 aliphatic rings. The van der Waals surface area contributed by atoms with Crippen LogP contribution in [-0.4, -0.2) is 12.3 Å². The lowest BCUT2D eigenvalue weighted by Gasteiger charge is -2.29. The monoisotopic (exact) mass is 300 g/mol. The number of anilines is 2. The lowest BCUT2D eigenvalue weighted by molar-refractivity contribution is -0.117. The first-order chi connectivity index (χ1) is 10.5. The molecule has 0 fully saturated rings. The summed E-state index contributed by atoms with van der Waals surface area (Å²) in [5.41, 5.74) is 3.22. The van der Waals surface area contributed by atoms with E-state index in [-0.39, 0.29) is 11.2 Å². The van der Waals surface area contributed by atoms with E-state index in [4.69, 9.17) is 0 Å². The van der Waals surface area contributed by atoms with Gasteiger partial charge in [-0.3, -0.25) is 4.79 Å². The first-order valence-corrected chi connectivity index (χ1v) is 8.33. The fourth-order valence-electron chi connectivity index (χ4n) is 2.94. The van der Waals surface area contributed by atoms with Gasteiger partial charge in [-0.15, -0.1) is 0 Å². The summed E-state index contributed by atoms with van der Waals surface area (Å²) >= 11 is 0. The van der Waals surface area contributed by atoms with Gasteiger partial charge in [0.25, 0.3) is 0 Å². The third kappa shape index (κ3) is 4.90. The molecule has 1 aliphatic carbocycles. The van der Waals surface area contributed by atoms with Gasteiger partial charge in [0.15, 0.2) is 5.78 Å². The minimum absolute atomic E-state index is 0.0394. The van der Waals surface area contributed by atoms with Crippen LogP contribution in [0.2, 0.25) is 0 Å². The molecule has 0 saturated heterocycles. The normalized spacial score (nSPS) is 17.0. The third-order valence-electron chi connectivity index (χ3n) is 3.98. The van der Waals surface area contributed by atoms with E-state index in [0.29, 0.717) is 6.42 Å². The Hall–Kier alpha value is -1.77. The van der Waals surface area contributed by atoms with E-state index in [1.165, 1.54) is 19.3 Å². The molecule has 22 heavy (non-hydrogen) atoms. The lowest BCUT2D eigenvalue weighted by atomic mass is 9.79. The highest BCUT2D eigenvalue weighted by atomic mass is 16.1. The summed E-state index contributed by atoms with van der Waals surface area (Å²) in [6.45, 7) is 7.49. The zero-order chi connectivity index (χ0) is 16.0. The standard InChI is InChI=1S/C19H28N2O/c1-4-5-8-11-20-17-9-6-7-10-18(17)21-15-12-16(22)14-19(2,3)13-15/h6-7,9-10,12,20-21H,4-5,8,11,13-14H2,1-3H3. The first kappa shape index (κ1) is 16.6. The molecule has 3 heteroatoms. The highest BCUT2D eigenvalue weighted by molar-refractivity contribution is 5.92. The van der Waals surface area contributed by atoms with Crippen LogP contribution in [0, 0.1) is 5.41 Å². The molecule has 1 aromatic carbocycles. The van der Waals surface area contributed by atoms with Gasteiger partial charge in [-0.2, -0.15) is 0 Å². The van der Waals surface area contributed by atoms with Crippen molar-refractivity contribution in [2.24, 2.45) is 5.41 Å². The van der Waals surface area contributed by atoms with E-state index in [0.717, 1.165) is 30.0 Å². The Balaban J connectivity index is 2.04. The van der Waals surface area contributed by atoms with Crippen LogP contribution in [-0.2, 0) is 4.79 Å². The van der Waals surface area contributed by atoms with Crippen LogP contribution >= 0.6 is 0 Å². The number of allylic oxidation sites excluding steroid dienone is 2. The van der Waals surface area contributed by atoms with E-state index in [2.05, 4.69) is 43.5 Å². The van der Waals surface area contributed by atoms with Crippen molar-refractivity contribution < 1.29 is 4.79 Å². The second kappa shape index (κ2) is 7.48. The van der Waals surface area contributed by atoms with Crippen LogP contribution in [0.3, 0.4) is 0 Å². The molecule has 0 aliphatic heterocycles. The number of nitrogens with one attached hydrogen (secondary N) is 2. The van der Waals surface area contributed by atoms with Crippen molar-refractivity contribution in [3.8, 4) is 0 Å². The molecule has 0 aromatic heterocycles. The van der Waals surface area contributed by atoms with E-state index >= 15 is 0 Å². The summed E-state index contributed by atoms with van der Waals surface area (Å²) in [7, 11) is 0. The Morgan fingerprint density at radius 1 is 1.09 bits per heavy atom. The molecule has 120 valence electrons. The van der Waals surface area contributed by atoms with Crippen LogP contribution in [0.4, 0.5) is 11.4 Å². The SMILES string of the molecule is CCCCCNc1ccccc1NC1=CC(=O)CC(C)(C)C1. The van der Waals surface area contributed by atoms with Crippen molar-refractivity contribution in [1.29, 1.82) is 0 Å². The number of carbonyl (C=O) groups excluding carboxylic acids is 1. The van der Waals surface area contributed by atoms with Gasteiger partial charge < -0.3 is 10.6 Å². The predicted molar refractivity (Wildman–Crippen MR) is 94.2 cm³/mol. The number of rotatable bonds is 7. The second-order valence-corrected chi connectivity index (χ2v) is 6.96. The van der Waals surface area contributed by atoms with Crippen molar-refractivity contribution in [3.63, 3.8) is 0 Å². The molecule has 0 radical (unpaired) electrons. The molecule has 0 unspecified atom stereocenters. The Morgan fingerprint density at radius 3 is 2.50 bits per heavy atom. The molecule has 2 N–H and O–H groups in total. The average Bonchev–Trinajstić information content (AvgIpc) is 2.43. The molecule has 2 rings (SSSR count). The van der Waals surface area contributed by atoms with Crippen LogP contribution < -0.4 is 10.6 Å². The Labute approximate surface area is 134 Å². The summed E-state index contributed by atoms with van der Waals surface area (Å²) in [6, 6.07) is 8.22. The molecule has 0 spiro atoms. The third-order valence-corrected chi connectivity index (χ3v) is 3.98. The summed E-state index contributed by atoms with van der Waals surface area (Å²) in [5.74, 6) is 0.215. The van der Waals surface area contributed by atoms with E-state index in [1.807, 2.05) is 12.1 Å². The number of benzene rings is 1. The van der Waals surface area contributed by atoms with Gasteiger partial charge in [0.2, 0.25) is 0 Å². The Kier molecular flexibility index (Phi) is 5.64. The minimum Gasteiger partial charge on any atom is -0.383 e. The maximum atomic E-state index is 11.9. The van der Waals surface area contributed by atoms with Gasteiger partial charge in [-0.25, -0.2) is 0 Å². The van der Waals surface area contributed by atoms with Crippen LogP contribution in [0.5, 0.6) is 0 Å². The van der Waals surface area contributed by atoms with E-state index in [1.54, 1.807) is 6.08 Å². The fraction of sp³-hybridized carbons (Fsp3) is 0.526. The highest BCUT2D eigenvalue weighted by Gasteiger charge is 2.27. The number of ketones is 1. The lowest BCUT2D eigenvalue weighted by Crippen LogP contribution is -2.24. The maximum Gasteiger partial charge on any atom is 0.157 e. The maximum absolute atomic E-state index is 11.9. The van der Waals surface area contributed by atoms with Crippen LogP contribution in [0.15, 0.2) is 36.0 Å². The quantitative estimate of drug-likeness (QED) is 0.698. The second-order valence-electron chi connectivity index (χ2n) is 6.96. The van der Waals surface area contributed by atoms with Crippen molar-refractivity contribution in [3.05, 3.63) is 36.0 Å². The number of hydrogen-bond donors (Lipinski definition) is 2. The summed E-state index contributed by atoms with van der Waals surface area (Å²) < 4.78 is 0. The molecule has 1 aromatic rings. The molecule has 3 nitrogen and oxygen atoms in total. The predicted octanol–water partition coefficient (Wildman–Crippen LogP) is 4.97. The number of hydrogen-bond acceptors (Lipinski definition) is 3. The van der Waals surface area contributed by atoms with Gasteiger partial charge in [0.1, 0.15) is 0 Å². The molecule has 0 saturated carbocycles. The van der Waals surface area contributed by atoms with Crippen molar-refractivity contribution in [2.45, 2.75) is 52.9 Å². The Morgan fingerprint density at radius 2 is 1.82 bits per heavy atom. The van der Waals surface area contributed by atoms with Crippen LogP contribution in [0.1, 0.15) is 52.9 Å². The van der Waals surface area contributed by atoms with E-state index < -0.39 is 0 Å². The van der Waals surface area contributed by atoms with E-state index in [9.17, 15) is 4.79 Å².